The summed E-state index contributed by atoms with van der Waals surface area (Å²) in [5.41, 5.74) is 0. The van der Waals surface area contributed by atoms with Crippen molar-refractivity contribution in [3.8, 4) is 0 Å². The van der Waals surface area contributed by atoms with Crippen molar-refractivity contribution in [2.45, 2.75) is 25.9 Å². The molecule has 1 saturated heterocycles. The molecule has 1 fully saturated rings. The fourth-order valence-electron chi connectivity index (χ4n) is 1.81. The van der Waals surface area contributed by atoms with Crippen LogP contribution in [0.1, 0.15) is 19.8 Å². The molecule has 0 aromatic heterocycles. The summed E-state index contributed by atoms with van der Waals surface area (Å²) in [6.07, 6.45) is -1.77. The first-order valence-corrected chi connectivity index (χ1v) is 5.52. The third-order valence-electron chi connectivity index (χ3n) is 2.70. The van der Waals surface area contributed by atoms with Gasteiger partial charge < -0.3 is 4.90 Å². The van der Waals surface area contributed by atoms with Gasteiger partial charge in [-0.1, -0.05) is 13.3 Å². The largest absolute Gasteiger partial charge is 0.401 e. The van der Waals surface area contributed by atoms with Crippen molar-refractivity contribution < 1.29 is 13.2 Å². The Labute approximate surface area is 89.0 Å². The summed E-state index contributed by atoms with van der Waals surface area (Å²) in [4.78, 5) is 3.73. The van der Waals surface area contributed by atoms with Crippen molar-refractivity contribution >= 4 is 0 Å². The van der Waals surface area contributed by atoms with Crippen LogP contribution in [0.3, 0.4) is 0 Å². The molecule has 2 nitrogen and oxygen atoms in total. The number of halogens is 3. The number of rotatable bonds is 4. The summed E-state index contributed by atoms with van der Waals surface area (Å²) in [5, 5.41) is 0. The minimum absolute atomic E-state index is 0.545. The molecule has 0 aromatic carbocycles. The van der Waals surface area contributed by atoms with Crippen molar-refractivity contribution in [3.05, 3.63) is 0 Å². The van der Waals surface area contributed by atoms with E-state index in [0.717, 1.165) is 32.5 Å². The number of unbranched alkanes of at least 4 members (excludes halogenated alkanes) is 1. The molecule has 15 heavy (non-hydrogen) atoms. The van der Waals surface area contributed by atoms with Crippen LogP contribution in [0.2, 0.25) is 0 Å². The van der Waals surface area contributed by atoms with E-state index in [0.29, 0.717) is 13.1 Å². The van der Waals surface area contributed by atoms with E-state index < -0.39 is 12.7 Å². The van der Waals surface area contributed by atoms with E-state index in [1.54, 1.807) is 0 Å². The summed E-state index contributed by atoms with van der Waals surface area (Å²) >= 11 is 0. The van der Waals surface area contributed by atoms with E-state index in [4.69, 9.17) is 0 Å². The average molecular weight is 224 g/mol. The zero-order chi connectivity index (χ0) is 11.3. The molecule has 1 aliphatic heterocycles. The Kier molecular flexibility index (Phi) is 4.86. The van der Waals surface area contributed by atoms with Crippen LogP contribution in [-0.4, -0.2) is 55.2 Å². The molecule has 0 spiro atoms. The highest BCUT2D eigenvalue weighted by Gasteiger charge is 2.31. The van der Waals surface area contributed by atoms with E-state index in [9.17, 15) is 13.2 Å². The predicted octanol–water partition coefficient (Wildman–Crippen LogP) is 1.97. The summed E-state index contributed by atoms with van der Waals surface area (Å²) in [6, 6.07) is 0. The maximum Gasteiger partial charge on any atom is 0.401 e. The molecular weight excluding hydrogens is 205 g/mol. The van der Waals surface area contributed by atoms with Crippen LogP contribution in [-0.2, 0) is 0 Å². The fraction of sp³-hybridized carbons (Fsp3) is 1.00. The average Bonchev–Trinajstić information content (AvgIpc) is 2.14. The third-order valence-corrected chi connectivity index (χ3v) is 2.70. The van der Waals surface area contributed by atoms with Gasteiger partial charge in [-0.25, -0.2) is 0 Å². The lowest BCUT2D eigenvalue weighted by Crippen LogP contribution is -2.49. The molecule has 5 heteroatoms. The van der Waals surface area contributed by atoms with Gasteiger partial charge >= 0.3 is 6.18 Å². The lowest BCUT2D eigenvalue weighted by molar-refractivity contribution is -0.149. The smallest absolute Gasteiger partial charge is 0.301 e. The van der Waals surface area contributed by atoms with E-state index in [2.05, 4.69) is 11.8 Å². The third kappa shape index (κ3) is 5.37. The number of hydrogen-bond acceptors (Lipinski definition) is 2. The second-order valence-electron chi connectivity index (χ2n) is 4.09. The SMILES string of the molecule is CCCCN1CCN(CC(F)(F)F)CC1. The maximum atomic E-state index is 12.1. The van der Waals surface area contributed by atoms with Crippen molar-refractivity contribution in [2.75, 3.05) is 39.3 Å². The number of alkyl halides is 3. The van der Waals surface area contributed by atoms with Crippen LogP contribution >= 0.6 is 0 Å². The minimum atomic E-state index is -4.05. The molecule has 1 aliphatic rings. The Morgan fingerprint density at radius 2 is 1.53 bits per heavy atom. The molecule has 0 N–H and O–H groups in total. The van der Waals surface area contributed by atoms with Crippen molar-refractivity contribution in [1.82, 2.24) is 9.80 Å². The lowest BCUT2D eigenvalue weighted by atomic mass is 10.2. The molecule has 0 bridgehead atoms. The Morgan fingerprint density at radius 3 is 2.00 bits per heavy atom. The lowest BCUT2D eigenvalue weighted by Gasteiger charge is -2.34. The molecule has 0 radical (unpaired) electrons. The Balaban J connectivity index is 2.18. The molecule has 0 aromatic rings. The van der Waals surface area contributed by atoms with E-state index in [1.165, 1.54) is 4.90 Å². The van der Waals surface area contributed by atoms with E-state index in [1.807, 2.05) is 0 Å². The predicted molar refractivity (Wildman–Crippen MR) is 53.8 cm³/mol. The van der Waals surface area contributed by atoms with Gasteiger partial charge in [0.1, 0.15) is 0 Å². The molecule has 90 valence electrons. The Bertz CT molecular complexity index is 174. The summed E-state index contributed by atoms with van der Waals surface area (Å²) < 4.78 is 36.3. The van der Waals surface area contributed by atoms with Crippen molar-refractivity contribution in [2.24, 2.45) is 0 Å². The first-order valence-electron chi connectivity index (χ1n) is 5.52. The van der Waals surface area contributed by atoms with Crippen LogP contribution in [0.25, 0.3) is 0 Å². The number of piperazine rings is 1. The highest BCUT2D eigenvalue weighted by atomic mass is 19.4. The zero-order valence-corrected chi connectivity index (χ0v) is 9.19. The van der Waals surface area contributed by atoms with Gasteiger partial charge in [-0.2, -0.15) is 13.2 Å². The summed E-state index contributed by atoms with van der Waals surface area (Å²) in [5.74, 6) is 0. The van der Waals surface area contributed by atoms with Crippen LogP contribution in [0.15, 0.2) is 0 Å². The second kappa shape index (κ2) is 5.70. The van der Waals surface area contributed by atoms with E-state index in [-0.39, 0.29) is 0 Å². The molecule has 1 rings (SSSR count). The van der Waals surface area contributed by atoms with Crippen LogP contribution in [0.4, 0.5) is 13.2 Å². The van der Waals surface area contributed by atoms with Gasteiger partial charge in [0, 0.05) is 26.2 Å². The number of hydrogen-bond donors (Lipinski definition) is 0. The van der Waals surface area contributed by atoms with Gasteiger partial charge in [0.15, 0.2) is 0 Å². The van der Waals surface area contributed by atoms with Crippen molar-refractivity contribution in [1.29, 1.82) is 0 Å². The molecule has 0 unspecified atom stereocenters. The standard InChI is InChI=1S/C10H19F3N2/c1-2-3-4-14-5-7-15(8-6-14)9-10(11,12)13/h2-9H2,1H3. The van der Waals surface area contributed by atoms with Gasteiger partial charge in [0.25, 0.3) is 0 Å². The van der Waals surface area contributed by atoms with Crippen LogP contribution in [0, 0.1) is 0 Å². The van der Waals surface area contributed by atoms with Gasteiger partial charge in [-0.05, 0) is 13.0 Å². The molecule has 0 amide bonds. The van der Waals surface area contributed by atoms with Crippen LogP contribution in [0.5, 0.6) is 0 Å². The molecule has 0 aliphatic carbocycles. The topological polar surface area (TPSA) is 6.48 Å². The van der Waals surface area contributed by atoms with E-state index >= 15 is 0 Å². The summed E-state index contributed by atoms with van der Waals surface area (Å²) in [7, 11) is 0. The molecular formula is C10H19F3N2. The van der Waals surface area contributed by atoms with Crippen LogP contribution < -0.4 is 0 Å². The van der Waals surface area contributed by atoms with Gasteiger partial charge in [-0.15, -0.1) is 0 Å². The summed E-state index contributed by atoms with van der Waals surface area (Å²) in [6.45, 7) is 5.03. The van der Waals surface area contributed by atoms with Gasteiger partial charge in [-0.3, -0.25) is 4.90 Å². The molecule has 1 heterocycles. The Hall–Kier alpha value is -0.290. The number of nitrogens with zero attached hydrogens (tertiary/aromatic N) is 2. The monoisotopic (exact) mass is 224 g/mol. The normalized spacial score (nSPS) is 20.8. The highest BCUT2D eigenvalue weighted by Crippen LogP contribution is 2.17. The first kappa shape index (κ1) is 12.8. The quantitative estimate of drug-likeness (QED) is 0.720. The van der Waals surface area contributed by atoms with Gasteiger partial charge in [0.05, 0.1) is 6.54 Å². The zero-order valence-electron chi connectivity index (χ0n) is 9.19. The highest BCUT2D eigenvalue weighted by molar-refractivity contribution is 4.73. The van der Waals surface area contributed by atoms with Crippen molar-refractivity contribution in [3.63, 3.8) is 0 Å². The van der Waals surface area contributed by atoms with Gasteiger partial charge in [0.2, 0.25) is 0 Å². The minimum Gasteiger partial charge on any atom is -0.301 e. The fourth-order valence-corrected chi connectivity index (χ4v) is 1.81. The molecule has 0 saturated carbocycles. The molecule has 0 atom stereocenters. The maximum absolute atomic E-state index is 12.1. The second-order valence-corrected chi connectivity index (χ2v) is 4.09. The first-order chi connectivity index (χ1) is 7.01. The Morgan fingerprint density at radius 1 is 1.00 bits per heavy atom.